The molecule has 3 aromatic rings. The predicted octanol–water partition coefficient (Wildman–Crippen LogP) is 4.17. The minimum Gasteiger partial charge on any atom is -0.385 e. The Balaban J connectivity index is 1.55. The molecule has 7 nitrogen and oxygen atoms in total. The lowest BCUT2D eigenvalue weighted by molar-refractivity contribution is -0.123. The van der Waals surface area contributed by atoms with Crippen LogP contribution >= 0.6 is 11.8 Å². The van der Waals surface area contributed by atoms with Crippen molar-refractivity contribution < 1.29 is 23.5 Å². The summed E-state index contributed by atoms with van der Waals surface area (Å²) in [5.41, 5.74) is 1.84. The molecule has 34 heavy (non-hydrogen) atoms. The zero-order valence-electron chi connectivity index (χ0n) is 18.6. The number of fused-ring (bicyclic) bond motifs is 1. The molecule has 2 aromatic carbocycles. The predicted molar refractivity (Wildman–Crippen MR) is 129 cm³/mol. The van der Waals surface area contributed by atoms with Gasteiger partial charge in [-0.05, 0) is 36.4 Å². The van der Waals surface area contributed by atoms with Crippen molar-refractivity contribution in [1.29, 1.82) is 0 Å². The number of hydrogen-bond donors (Lipinski definition) is 1. The minimum atomic E-state index is -0.467. The highest BCUT2D eigenvalue weighted by Gasteiger charge is 2.35. The molecule has 0 unspecified atom stereocenters. The van der Waals surface area contributed by atoms with Crippen LogP contribution in [-0.4, -0.2) is 46.8 Å². The number of amides is 3. The van der Waals surface area contributed by atoms with E-state index in [0.29, 0.717) is 13.2 Å². The summed E-state index contributed by atoms with van der Waals surface area (Å²) in [6.07, 6.45) is 4.18. The average Bonchev–Trinajstić information content (AvgIpc) is 3.30. The number of carbonyl (C=O) groups excluding carboxylic acids is 3. The smallest absolute Gasteiger partial charge is 0.293 e. The summed E-state index contributed by atoms with van der Waals surface area (Å²) in [7, 11) is 1.62. The topological polar surface area (TPSA) is 80.6 Å². The molecule has 176 valence electrons. The van der Waals surface area contributed by atoms with Crippen LogP contribution in [0.25, 0.3) is 17.0 Å². The van der Waals surface area contributed by atoms with Gasteiger partial charge in [0.25, 0.3) is 11.1 Å². The van der Waals surface area contributed by atoms with E-state index in [-0.39, 0.29) is 29.5 Å². The van der Waals surface area contributed by atoms with Gasteiger partial charge in [0, 0.05) is 48.5 Å². The highest BCUT2D eigenvalue weighted by molar-refractivity contribution is 8.18. The summed E-state index contributed by atoms with van der Waals surface area (Å²) in [6, 6.07) is 13.6. The fraction of sp³-hybridized carbons (Fsp3) is 0.240. The standard InChI is InChI=1S/C25H24FN3O4S/c1-33-12-6-11-27-23(30)16-28-14-18(19-8-3-5-10-21(19)28)13-22-24(31)29(25(32)34-22)15-17-7-2-4-9-20(17)26/h2-5,7-10,13-14H,6,11-12,15-16H2,1H3,(H,27,30)/b22-13-. The molecule has 2 heterocycles. The number of benzene rings is 2. The van der Waals surface area contributed by atoms with Crippen molar-refractivity contribution in [2.24, 2.45) is 0 Å². The maximum Gasteiger partial charge on any atom is 0.293 e. The van der Waals surface area contributed by atoms with E-state index < -0.39 is 17.0 Å². The zero-order valence-corrected chi connectivity index (χ0v) is 19.4. The van der Waals surface area contributed by atoms with Crippen LogP contribution in [0.5, 0.6) is 0 Å². The molecule has 0 bridgehead atoms. The number of ether oxygens (including phenoxy) is 1. The molecule has 1 fully saturated rings. The Labute approximate surface area is 200 Å². The van der Waals surface area contributed by atoms with Gasteiger partial charge in [0.2, 0.25) is 5.91 Å². The molecule has 1 aliphatic rings. The molecule has 0 radical (unpaired) electrons. The fourth-order valence-electron chi connectivity index (χ4n) is 3.75. The van der Waals surface area contributed by atoms with E-state index in [1.807, 2.05) is 28.8 Å². The Kier molecular flexibility index (Phi) is 7.44. The largest absolute Gasteiger partial charge is 0.385 e. The van der Waals surface area contributed by atoms with Crippen molar-refractivity contribution in [3.05, 3.63) is 76.6 Å². The van der Waals surface area contributed by atoms with Gasteiger partial charge in [0.1, 0.15) is 12.4 Å². The number of rotatable bonds is 9. The van der Waals surface area contributed by atoms with Crippen molar-refractivity contribution >= 4 is 45.8 Å². The molecule has 0 aliphatic carbocycles. The summed E-state index contributed by atoms with van der Waals surface area (Å²) >= 11 is 0.825. The van der Waals surface area contributed by atoms with E-state index >= 15 is 0 Å². The third kappa shape index (κ3) is 5.21. The summed E-state index contributed by atoms with van der Waals surface area (Å²) < 4.78 is 20.8. The molecule has 3 amide bonds. The Morgan fingerprint density at radius 2 is 1.91 bits per heavy atom. The molecule has 1 aromatic heterocycles. The Morgan fingerprint density at radius 3 is 2.71 bits per heavy atom. The third-order valence-corrected chi connectivity index (χ3v) is 6.33. The number of thioether (sulfide) groups is 1. The lowest BCUT2D eigenvalue weighted by atomic mass is 10.1. The number of aromatic nitrogens is 1. The van der Waals surface area contributed by atoms with Crippen molar-refractivity contribution in [3.63, 3.8) is 0 Å². The third-order valence-electron chi connectivity index (χ3n) is 5.43. The van der Waals surface area contributed by atoms with E-state index in [9.17, 15) is 18.8 Å². The van der Waals surface area contributed by atoms with Gasteiger partial charge >= 0.3 is 0 Å². The van der Waals surface area contributed by atoms with Gasteiger partial charge in [-0.2, -0.15) is 0 Å². The van der Waals surface area contributed by atoms with Crippen LogP contribution in [0.3, 0.4) is 0 Å². The Hall–Kier alpha value is -3.43. The van der Waals surface area contributed by atoms with Gasteiger partial charge < -0.3 is 14.6 Å². The molecule has 0 atom stereocenters. The lowest BCUT2D eigenvalue weighted by Crippen LogP contribution is -2.28. The first-order valence-corrected chi connectivity index (χ1v) is 11.6. The number of hydrogen-bond acceptors (Lipinski definition) is 5. The van der Waals surface area contributed by atoms with Gasteiger partial charge in [-0.15, -0.1) is 0 Å². The normalized spacial score (nSPS) is 15.0. The van der Waals surface area contributed by atoms with Crippen LogP contribution in [0.15, 0.2) is 59.6 Å². The van der Waals surface area contributed by atoms with Crippen molar-refractivity contribution in [1.82, 2.24) is 14.8 Å². The zero-order chi connectivity index (χ0) is 24.1. The first kappa shape index (κ1) is 23.7. The number of nitrogens with one attached hydrogen (secondary N) is 1. The second kappa shape index (κ2) is 10.7. The monoisotopic (exact) mass is 481 g/mol. The molecular formula is C25H24FN3O4S. The summed E-state index contributed by atoms with van der Waals surface area (Å²) in [6.45, 7) is 1.09. The lowest BCUT2D eigenvalue weighted by Gasteiger charge is -2.12. The molecule has 1 aliphatic heterocycles. The molecule has 1 N–H and O–H groups in total. The second-order valence-corrected chi connectivity index (χ2v) is 8.78. The van der Waals surface area contributed by atoms with Crippen LogP contribution in [0.4, 0.5) is 9.18 Å². The highest BCUT2D eigenvalue weighted by atomic mass is 32.2. The molecular weight excluding hydrogens is 457 g/mol. The molecule has 1 saturated heterocycles. The molecule has 9 heteroatoms. The fourth-order valence-corrected chi connectivity index (χ4v) is 4.58. The van der Waals surface area contributed by atoms with Gasteiger partial charge in [-0.25, -0.2) is 4.39 Å². The summed E-state index contributed by atoms with van der Waals surface area (Å²) in [4.78, 5) is 39.1. The number of para-hydroxylation sites is 1. The minimum absolute atomic E-state index is 0.121. The van der Waals surface area contributed by atoms with Crippen LogP contribution in [0.1, 0.15) is 17.5 Å². The second-order valence-electron chi connectivity index (χ2n) is 7.79. The van der Waals surface area contributed by atoms with Gasteiger partial charge in [-0.3, -0.25) is 19.3 Å². The van der Waals surface area contributed by atoms with Crippen LogP contribution < -0.4 is 5.32 Å². The van der Waals surface area contributed by atoms with Gasteiger partial charge in [-0.1, -0.05) is 36.4 Å². The van der Waals surface area contributed by atoms with Crippen LogP contribution in [0.2, 0.25) is 0 Å². The quantitative estimate of drug-likeness (QED) is 0.367. The highest BCUT2D eigenvalue weighted by Crippen LogP contribution is 2.35. The molecule has 0 spiro atoms. The summed E-state index contributed by atoms with van der Waals surface area (Å²) in [5.74, 6) is -1.06. The van der Waals surface area contributed by atoms with Crippen molar-refractivity contribution in [3.8, 4) is 0 Å². The maximum atomic E-state index is 14.0. The first-order chi connectivity index (χ1) is 16.5. The maximum absolute atomic E-state index is 14.0. The Bertz CT molecular complexity index is 1270. The van der Waals surface area contributed by atoms with E-state index in [1.165, 1.54) is 6.07 Å². The van der Waals surface area contributed by atoms with Crippen LogP contribution in [-0.2, 0) is 27.4 Å². The SMILES string of the molecule is COCCCNC(=O)Cn1cc(/C=C2\SC(=O)N(Cc3ccccc3F)C2=O)c2ccccc21. The van der Waals surface area contributed by atoms with Gasteiger partial charge in [0.05, 0.1) is 11.4 Å². The molecule has 0 saturated carbocycles. The van der Waals surface area contributed by atoms with Crippen molar-refractivity contribution in [2.45, 2.75) is 19.5 Å². The summed E-state index contributed by atoms with van der Waals surface area (Å²) in [5, 5.41) is 3.28. The number of halogens is 1. The Morgan fingerprint density at radius 1 is 1.15 bits per heavy atom. The van der Waals surface area contributed by atoms with E-state index in [0.717, 1.165) is 39.5 Å². The van der Waals surface area contributed by atoms with Gasteiger partial charge in [0.15, 0.2) is 0 Å². The number of imide groups is 1. The number of carbonyl (C=O) groups is 3. The van der Waals surface area contributed by atoms with E-state index in [4.69, 9.17) is 4.74 Å². The van der Waals surface area contributed by atoms with Crippen LogP contribution in [0, 0.1) is 5.82 Å². The van der Waals surface area contributed by atoms with Crippen molar-refractivity contribution in [2.75, 3.05) is 20.3 Å². The van der Waals surface area contributed by atoms with E-state index in [2.05, 4.69) is 5.32 Å². The number of nitrogens with zero attached hydrogens (tertiary/aromatic N) is 2. The number of methoxy groups -OCH3 is 1. The first-order valence-electron chi connectivity index (χ1n) is 10.8. The average molecular weight is 482 g/mol. The van der Waals surface area contributed by atoms with E-state index in [1.54, 1.807) is 37.6 Å². The molecule has 4 rings (SSSR count).